The summed E-state index contributed by atoms with van der Waals surface area (Å²) in [5, 5.41) is 0. The van der Waals surface area contributed by atoms with E-state index < -0.39 is 0 Å². The smallest absolute Gasteiger partial charge is 0.237 e. The molecule has 0 aromatic carbocycles. The van der Waals surface area contributed by atoms with Crippen LogP contribution in [0.4, 0.5) is 0 Å². The SMILES string of the molecule is CCCCCCCCCN(CCCCCCCCC)CC(=O)N1CC2CCC1C2. The summed E-state index contributed by atoms with van der Waals surface area (Å²) in [4.78, 5) is 17.7. The molecule has 1 aliphatic carbocycles. The fraction of sp³-hybridized carbons (Fsp3) is 0.962. The molecule has 2 rings (SSSR count). The summed E-state index contributed by atoms with van der Waals surface area (Å²) in [6.45, 7) is 8.53. The lowest BCUT2D eigenvalue weighted by atomic mass is 10.1. The normalized spacial score (nSPS) is 20.9. The van der Waals surface area contributed by atoms with Crippen molar-refractivity contribution in [2.75, 3.05) is 26.2 Å². The van der Waals surface area contributed by atoms with Gasteiger partial charge in [0.05, 0.1) is 6.54 Å². The van der Waals surface area contributed by atoms with E-state index in [4.69, 9.17) is 0 Å². The average molecular weight is 407 g/mol. The van der Waals surface area contributed by atoms with Gasteiger partial charge in [-0.05, 0) is 51.1 Å². The van der Waals surface area contributed by atoms with Crippen molar-refractivity contribution in [1.82, 2.24) is 9.80 Å². The van der Waals surface area contributed by atoms with Gasteiger partial charge in [-0.3, -0.25) is 9.69 Å². The van der Waals surface area contributed by atoms with E-state index in [-0.39, 0.29) is 0 Å². The zero-order chi connectivity index (χ0) is 20.7. The van der Waals surface area contributed by atoms with Gasteiger partial charge in [-0.25, -0.2) is 0 Å². The maximum Gasteiger partial charge on any atom is 0.237 e. The number of likely N-dealkylation sites (tertiary alicyclic amines) is 1. The molecule has 1 saturated carbocycles. The molecule has 170 valence electrons. The molecule has 2 atom stereocenters. The zero-order valence-electron chi connectivity index (χ0n) is 19.8. The largest absolute Gasteiger partial charge is 0.338 e. The number of fused-ring (bicyclic) bond motifs is 2. The van der Waals surface area contributed by atoms with Gasteiger partial charge in [-0.1, -0.05) is 90.9 Å². The Kier molecular flexibility index (Phi) is 13.0. The van der Waals surface area contributed by atoms with Gasteiger partial charge in [-0.15, -0.1) is 0 Å². The van der Waals surface area contributed by atoms with Gasteiger partial charge >= 0.3 is 0 Å². The third-order valence-electron chi connectivity index (χ3n) is 7.24. The van der Waals surface area contributed by atoms with E-state index in [2.05, 4.69) is 23.6 Å². The maximum atomic E-state index is 12.9. The summed E-state index contributed by atoms with van der Waals surface area (Å²) in [5.74, 6) is 1.23. The standard InChI is InChI=1S/C26H50N2O/c1-3-5-7-9-11-13-15-19-27(20-16-14-12-10-8-6-4-2)23-26(29)28-22-24-17-18-25(28)21-24/h24-25H,3-23H2,1-2H3. The van der Waals surface area contributed by atoms with E-state index in [0.717, 1.165) is 25.6 Å². The molecule has 3 nitrogen and oxygen atoms in total. The minimum atomic E-state index is 0.420. The van der Waals surface area contributed by atoms with Gasteiger partial charge in [0, 0.05) is 12.6 Å². The maximum absolute atomic E-state index is 12.9. The Balaban J connectivity index is 1.65. The van der Waals surface area contributed by atoms with Crippen LogP contribution in [0.5, 0.6) is 0 Å². The number of amides is 1. The Morgan fingerprint density at radius 3 is 1.72 bits per heavy atom. The summed E-state index contributed by atoms with van der Waals surface area (Å²) in [6, 6.07) is 0.575. The molecule has 0 aromatic heterocycles. The summed E-state index contributed by atoms with van der Waals surface area (Å²) < 4.78 is 0. The van der Waals surface area contributed by atoms with E-state index in [1.54, 1.807) is 0 Å². The minimum Gasteiger partial charge on any atom is -0.338 e. The molecule has 3 heteroatoms. The molecule has 2 bridgehead atoms. The molecular weight excluding hydrogens is 356 g/mol. The lowest BCUT2D eigenvalue weighted by Gasteiger charge is -2.30. The van der Waals surface area contributed by atoms with Gasteiger partial charge in [0.1, 0.15) is 0 Å². The molecule has 1 heterocycles. The molecule has 2 unspecified atom stereocenters. The van der Waals surface area contributed by atoms with Crippen LogP contribution in [0.25, 0.3) is 0 Å². The Hall–Kier alpha value is -0.570. The van der Waals surface area contributed by atoms with Gasteiger partial charge in [0.25, 0.3) is 0 Å². The first-order valence-corrected chi connectivity index (χ1v) is 13.3. The van der Waals surface area contributed by atoms with Crippen molar-refractivity contribution in [3.05, 3.63) is 0 Å². The number of hydrogen-bond acceptors (Lipinski definition) is 2. The molecule has 2 aliphatic rings. The number of nitrogens with zero attached hydrogens (tertiary/aromatic N) is 2. The Labute approximate surface area is 182 Å². The van der Waals surface area contributed by atoms with Gasteiger partial charge < -0.3 is 4.90 Å². The van der Waals surface area contributed by atoms with Crippen molar-refractivity contribution in [2.45, 2.75) is 129 Å². The zero-order valence-corrected chi connectivity index (χ0v) is 19.8. The van der Waals surface area contributed by atoms with E-state index in [1.807, 2.05) is 0 Å². The van der Waals surface area contributed by atoms with Crippen molar-refractivity contribution in [3.63, 3.8) is 0 Å². The first-order valence-electron chi connectivity index (χ1n) is 13.3. The second kappa shape index (κ2) is 15.3. The Morgan fingerprint density at radius 1 is 0.759 bits per heavy atom. The highest BCUT2D eigenvalue weighted by Crippen LogP contribution is 2.37. The van der Waals surface area contributed by atoms with Gasteiger partial charge in [0.2, 0.25) is 5.91 Å². The molecule has 1 amide bonds. The predicted octanol–water partition coefficient (Wildman–Crippen LogP) is 6.80. The average Bonchev–Trinajstić information content (AvgIpc) is 3.36. The van der Waals surface area contributed by atoms with Crippen LogP contribution in [0.3, 0.4) is 0 Å². The molecule has 1 aliphatic heterocycles. The van der Waals surface area contributed by atoms with E-state index in [1.165, 1.54) is 109 Å². The minimum absolute atomic E-state index is 0.420. The van der Waals surface area contributed by atoms with Crippen LogP contribution in [0, 0.1) is 5.92 Å². The molecule has 0 N–H and O–H groups in total. The Bertz CT molecular complexity index is 407. The van der Waals surface area contributed by atoms with Crippen molar-refractivity contribution in [1.29, 1.82) is 0 Å². The number of carbonyl (C=O) groups excluding carboxylic acids is 1. The number of unbranched alkanes of at least 4 members (excludes halogenated alkanes) is 12. The van der Waals surface area contributed by atoms with Gasteiger partial charge in [-0.2, -0.15) is 0 Å². The van der Waals surface area contributed by atoms with Crippen LogP contribution in [0.15, 0.2) is 0 Å². The van der Waals surface area contributed by atoms with Crippen molar-refractivity contribution < 1.29 is 4.79 Å². The lowest BCUT2D eigenvalue weighted by molar-refractivity contribution is -0.134. The highest BCUT2D eigenvalue weighted by molar-refractivity contribution is 5.79. The molecule has 1 saturated heterocycles. The van der Waals surface area contributed by atoms with Crippen LogP contribution in [0.1, 0.15) is 123 Å². The van der Waals surface area contributed by atoms with E-state index in [9.17, 15) is 4.79 Å². The molecule has 29 heavy (non-hydrogen) atoms. The lowest BCUT2D eigenvalue weighted by Crippen LogP contribution is -2.44. The second-order valence-corrected chi connectivity index (χ2v) is 9.90. The summed E-state index contributed by atoms with van der Waals surface area (Å²) in [5.41, 5.74) is 0. The fourth-order valence-corrected chi connectivity index (χ4v) is 5.37. The first-order chi connectivity index (χ1) is 14.2. The van der Waals surface area contributed by atoms with Crippen molar-refractivity contribution >= 4 is 5.91 Å². The number of rotatable bonds is 18. The second-order valence-electron chi connectivity index (χ2n) is 9.90. The molecule has 2 fully saturated rings. The molecule has 0 spiro atoms. The number of hydrogen-bond donors (Lipinski definition) is 0. The molecule has 0 radical (unpaired) electrons. The van der Waals surface area contributed by atoms with E-state index in [0.29, 0.717) is 18.5 Å². The van der Waals surface area contributed by atoms with Crippen molar-refractivity contribution in [3.8, 4) is 0 Å². The first kappa shape index (κ1) is 24.7. The van der Waals surface area contributed by atoms with Crippen LogP contribution < -0.4 is 0 Å². The summed E-state index contributed by atoms with van der Waals surface area (Å²) in [7, 11) is 0. The predicted molar refractivity (Wildman–Crippen MR) is 125 cm³/mol. The summed E-state index contributed by atoms with van der Waals surface area (Å²) in [6.07, 6.45) is 22.8. The number of piperidine rings is 1. The van der Waals surface area contributed by atoms with E-state index >= 15 is 0 Å². The van der Waals surface area contributed by atoms with Crippen LogP contribution in [0.2, 0.25) is 0 Å². The van der Waals surface area contributed by atoms with Crippen LogP contribution >= 0.6 is 0 Å². The monoisotopic (exact) mass is 406 g/mol. The highest BCUT2D eigenvalue weighted by atomic mass is 16.2. The fourth-order valence-electron chi connectivity index (χ4n) is 5.37. The molecular formula is C26H50N2O. The third kappa shape index (κ3) is 9.85. The third-order valence-corrected chi connectivity index (χ3v) is 7.24. The van der Waals surface area contributed by atoms with Crippen molar-refractivity contribution in [2.24, 2.45) is 5.92 Å². The number of carbonyl (C=O) groups is 1. The quantitative estimate of drug-likeness (QED) is 0.234. The van der Waals surface area contributed by atoms with Gasteiger partial charge in [0.15, 0.2) is 0 Å². The van der Waals surface area contributed by atoms with Crippen LogP contribution in [-0.2, 0) is 4.79 Å². The highest BCUT2D eigenvalue weighted by Gasteiger charge is 2.40. The summed E-state index contributed by atoms with van der Waals surface area (Å²) >= 11 is 0. The molecule has 0 aromatic rings. The van der Waals surface area contributed by atoms with Crippen LogP contribution in [-0.4, -0.2) is 47.9 Å². The topological polar surface area (TPSA) is 23.6 Å². The Morgan fingerprint density at radius 2 is 1.28 bits per heavy atom.